The molecule has 1 aliphatic heterocycles. The van der Waals surface area contributed by atoms with Crippen molar-refractivity contribution in [3.63, 3.8) is 0 Å². The van der Waals surface area contributed by atoms with Crippen LogP contribution in [0.5, 0.6) is 5.75 Å². The van der Waals surface area contributed by atoms with E-state index in [9.17, 15) is 9.18 Å². The molecule has 104 valence electrons. The minimum atomic E-state index is -0.421. The molecule has 1 fully saturated rings. The third kappa shape index (κ3) is 3.75. The van der Waals surface area contributed by atoms with Crippen molar-refractivity contribution in [2.45, 2.75) is 6.42 Å². The molecule has 19 heavy (non-hydrogen) atoms. The Morgan fingerprint density at radius 2 is 2.16 bits per heavy atom. The van der Waals surface area contributed by atoms with Gasteiger partial charge in [-0.05, 0) is 18.2 Å². The lowest BCUT2D eigenvalue weighted by Crippen LogP contribution is -2.37. The van der Waals surface area contributed by atoms with E-state index in [2.05, 4.69) is 4.90 Å². The second-order valence-electron chi connectivity index (χ2n) is 4.47. The first kappa shape index (κ1) is 14.0. The maximum atomic E-state index is 13.2. The minimum Gasteiger partial charge on any atom is -0.496 e. The number of benzene rings is 1. The second kappa shape index (κ2) is 6.63. The summed E-state index contributed by atoms with van der Waals surface area (Å²) in [6.07, 6.45) is 0.361. The number of ketones is 1. The van der Waals surface area contributed by atoms with Gasteiger partial charge in [0.25, 0.3) is 0 Å². The van der Waals surface area contributed by atoms with E-state index < -0.39 is 5.82 Å². The summed E-state index contributed by atoms with van der Waals surface area (Å²) in [5.74, 6) is -0.0910. The molecule has 0 bridgehead atoms. The molecule has 0 atom stereocenters. The van der Waals surface area contributed by atoms with Gasteiger partial charge in [0.1, 0.15) is 11.6 Å². The molecule has 0 spiro atoms. The van der Waals surface area contributed by atoms with E-state index >= 15 is 0 Å². The molecule has 1 saturated heterocycles. The van der Waals surface area contributed by atoms with E-state index in [0.717, 1.165) is 13.1 Å². The number of Topliss-reactive ketones (excluding diaryl/α,β-unsaturated/α-hetero) is 1. The van der Waals surface area contributed by atoms with Crippen molar-refractivity contribution in [1.29, 1.82) is 0 Å². The van der Waals surface area contributed by atoms with Crippen LogP contribution in [0.15, 0.2) is 18.2 Å². The number of carbonyl (C=O) groups excluding carboxylic acids is 1. The zero-order valence-corrected chi connectivity index (χ0v) is 11.0. The maximum absolute atomic E-state index is 13.2. The monoisotopic (exact) mass is 267 g/mol. The fourth-order valence-electron chi connectivity index (χ4n) is 2.12. The molecule has 0 aromatic heterocycles. The van der Waals surface area contributed by atoms with Crippen LogP contribution in [0.4, 0.5) is 4.39 Å². The van der Waals surface area contributed by atoms with E-state index in [0.29, 0.717) is 37.5 Å². The van der Waals surface area contributed by atoms with E-state index in [1.54, 1.807) is 0 Å². The number of morpholine rings is 1. The number of halogens is 1. The Morgan fingerprint density at radius 3 is 2.84 bits per heavy atom. The summed E-state index contributed by atoms with van der Waals surface area (Å²) in [5, 5.41) is 0. The molecular weight excluding hydrogens is 249 g/mol. The SMILES string of the molecule is COc1ccc(F)cc1C(=O)CCN1CCOCC1. The number of hydrogen-bond donors (Lipinski definition) is 0. The quantitative estimate of drug-likeness (QED) is 0.762. The molecule has 0 radical (unpaired) electrons. The smallest absolute Gasteiger partial charge is 0.167 e. The largest absolute Gasteiger partial charge is 0.496 e. The highest BCUT2D eigenvalue weighted by Crippen LogP contribution is 2.21. The van der Waals surface area contributed by atoms with Gasteiger partial charge in [-0.15, -0.1) is 0 Å². The summed E-state index contributed by atoms with van der Waals surface area (Å²) >= 11 is 0. The van der Waals surface area contributed by atoms with Crippen molar-refractivity contribution in [3.8, 4) is 5.75 Å². The first-order valence-electron chi connectivity index (χ1n) is 6.37. The van der Waals surface area contributed by atoms with Gasteiger partial charge in [-0.3, -0.25) is 9.69 Å². The Bertz CT molecular complexity index is 444. The van der Waals surface area contributed by atoms with Crippen LogP contribution in [0, 0.1) is 5.82 Å². The summed E-state index contributed by atoms with van der Waals surface area (Å²) in [6.45, 7) is 3.76. The Labute approximate surface area is 112 Å². The van der Waals surface area contributed by atoms with Gasteiger partial charge >= 0.3 is 0 Å². The Kier molecular flexibility index (Phi) is 4.87. The molecule has 5 heteroatoms. The predicted molar refractivity (Wildman–Crippen MR) is 69.2 cm³/mol. The molecular formula is C14H18FNO3. The molecule has 0 amide bonds. The normalized spacial score (nSPS) is 16.3. The third-order valence-corrected chi connectivity index (χ3v) is 3.22. The van der Waals surface area contributed by atoms with Crippen LogP contribution in [-0.2, 0) is 4.74 Å². The lowest BCUT2D eigenvalue weighted by Gasteiger charge is -2.26. The van der Waals surface area contributed by atoms with Crippen molar-refractivity contribution in [2.24, 2.45) is 0 Å². The fourth-order valence-corrected chi connectivity index (χ4v) is 2.12. The highest BCUT2D eigenvalue weighted by molar-refractivity contribution is 5.98. The standard InChI is InChI=1S/C14H18FNO3/c1-18-14-3-2-11(15)10-12(14)13(17)4-5-16-6-8-19-9-7-16/h2-3,10H,4-9H2,1H3. The molecule has 4 nitrogen and oxygen atoms in total. The van der Waals surface area contributed by atoms with Gasteiger partial charge in [-0.1, -0.05) is 0 Å². The van der Waals surface area contributed by atoms with Crippen LogP contribution >= 0.6 is 0 Å². The molecule has 0 saturated carbocycles. The number of ether oxygens (including phenoxy) is 2. The summed E-state index contributed by atoms with van der Waals surface area (Å²) in [6, 6.07) is 4.01. The van der Waals surface area contributed by atoms with E-state index in [1.165, 1.54) is 25.3 Å². The lowest BCUT2D eigenvalue weighted by molar-refractivity contribution is 0.0370. The average molecular weight is 267 g/mol. The van der Waals surface area contributed by atoms with Crippen molar-refractivity contribution >= 4 is 5.78 Å². The van der Waals surface area contributed by atoms with Crippen molar-refractivity contribution in [1.82, 2.24) is 4.90 Å². The zero-order chi connectivity index (χ0) is 13.7. The summed E-state index contributed by atoms with van der Waals surface area (Å²) < 4.78 is 23.5. The summed E-state index contributed by atoms with van der Waals surface area (Å²) in [5.41, 5.74) is 0.316. The van der Waals surface area contributed by atoms with Gasteiger partial charge in [0.2, 0.25) is 0 Å². The highest BCUT2D eigenvalue weighted by atomic mass is 19.1. The number of hydrogen-bond acceptors (Lipinski definition) is 4. The van der Waals surface area contributed by atoms with E-state index in [-0.39, 0.29) is 5.78 Å². The van der Waals surface area contributed by atoms with Crippen LogP contribution < -0.4 is 4.74 Å². The molecule has 0 N–H and O–H groups in total. The van der Waals surface area contributed by atoms with Crippen LogP contribution in [0.3, 0.4) is 0 Å². The van der Waals surface area contributed by atoms with Gasteiger partial charge in [0.05, 0.1) is 25.9 Å². The maximum Gasteiger partial charge on any atom is 0.167 e. The van der Waals surface area contributed by atoms with Crippen LogP contribution in [-0.4, -0.2) is 50.6 Å². The summed E-state index contributed by atoms with van der Waals surface area (Å²) in [7, 11) is 1.48. The Morgan fingerprint density at radius 1 is 1.42 bits per heavy atom. The first-order valence-corrected chi connectivity index (χ1v) is 6.37. The van der Waals surface area contributed by atoms with Gasteiger partial charge in [0, 0.05) is 26.1 Å². The van der Waals surface area contributed by atoms with Gasteiger partial charge < -0.3 is 9.47 Å². The molecule has 0 unspecified atom stereocenters. The second-order valence-corrected chi connectivity index (χ2v) is 4.47. The minimum absolute atomic E-state index is 0.0946. The van der Waals surface area contributed by atoms with Crippen molar-refractivity contribution < 1.29 is 18.7 Å². The number of carbonyl (C=O) groups is 1. The van der Waals surface area contributed by atoms with Crippen LogP contribution in [0.1, 0.15) is 16.8 Å². The highest BCUT2D eigenvalue weighted by Gasteiger charge is 2.16. The average Bonchev–Trinajstić information content (AvgIpc) is 2.46. The Balaban J connectivity index is 1.97. The fraction of sp³-hybridized carbons (Fsp3) is 0.500. The topological polar surface area (TPSA) is 38.8 Å². The zero-order valence-electron chi connectivity index (χ0n) is 11.0. The molecule has 1 aliphatic rings. The number of nitrogens with zero attached hydrogens (tertiary/aromatic N) is 1. The van der Waals surface area contributed by atoms with Gasteiger partial charge in [-0.25, -0.2) is 4.39 Å². The first-order chi connectivity index (χ1) is 9.20. The predicted octanol–water partition coefficient (Wildman–Crippen LogP) is 1.74. The van der Waals surface area contributed by atoms with Gasteiger partial charge in [-0.2, -0.15) is 0 Å². The summed E-state index contributed by atoms with van der Waals surface area (Å²) in [4.78, 5) is 14.3. The molecule has 1 aromatic carbocycles. The van der Waals surface area contributed by atoms with Gasteiger partial charge in [0.15, 0.2) is 5.78 Å². The molecule has 1 heterocycles. The van der Waals surface area contributed by atoms with E-state index in [4.69, 9.17) is 9.47 Å². The third-order valence-electron chi connectivity index (χ3n) is 3.22. The lowest BCUT2D eigenvalue weighted by atomic mass is 10.1. The molecule has 0 aliphatic carbocycles. The number of rotatable bonds is 5. The van der Waals surface area contributed by atoms with Crippen LogP contribution in [0.2, 0.25) is 0 Å². The van der Waals surface area contributed by atoms with Crippen molar-refractivity contribution in [2.75, 3.05) is 40.0 Å². The molecule has 2 rings (SSSR count). The van der Waals surface area contributed by atoms with E-state index in [1.807, 2.05) is 0 Å². The Hall–Kier alpha value is -1.46. The molecule has 1 aromatic rings. The van der Waals surface area contributed by atoms with Crippen molar-refractivity contribution in [3.05, 3.63) is 29.6 Å². The van der Waals surface area contributed by atoms with Crippen LogP contribution in [0.25, 0.3) is 0 Å². The number of methoxy groups -OCH3 is 1.